The van der Waals surface area contributed by atoms with Crippen LogP contribution in [0, 0.1) is 24.1 Å². The average Bonchev–Trinajstić information content (AvgIpc) is 2.40. The number of rotatable bonds is 3. The molecule has 0 aromatic heterocycles. The Balaban J connectivity index is 2.45. The molecule has 0 fully saturated rings. The molecule has 2 nitrogen and oxygen atoms in total. The summed E-state index contributed by atoms with van der Waals surface area (Å²) in [6.45, 7) is 1.80. The molecule has 0 aliphatic carbocycles. The standard InChI is InChI=1S/C16H11ClFNO/c1-10-6-11(8-12(17)7-10)16(20)14(9-19)13-4-2-3-5-15(13)18/h2-8,14H,1H3. The summed E-state index contributed by atoms with van der Waals surface area (Å²) in [7, 11) is 0. The third kappa shape index (κ3) is 2.87. The van der Waals surface area contributed by atoms with E-state index in [4.69, 9.17) is 11.6 Å². The molecule has 0 N–H and O–H groups in total. The van der Waals surface area contributed by atoms with E-state index in [2.05, 4.69) is 0 Å². The summed E-state index contributed by atoms with van der Waals surface area (Å²) in [4.78, 5) is 12.4. The van der Waals surface area contributed by atoms with E-state index in [9.17, 15) is 14.4 Å². The molecule has 2 rings (SSSR count). The normalized spacial score (nSPS) is 11.7. The van der Waals surface area contributed by atoms with E-state index in [1.165, 1.54) is 24.3 Å². The first-order chi connectivity index (χ1) is 9.52. The fourth-order valence-corrected chi connectivity index (χ4v) is 2.31. The number of halogens is 2. The number of carbonyl (C=O) groups excluding carboxylic acids is 1. The first-order valence-corrected chi connectivity index (χ1v) is 6.36. The van der Waals surface area contributed by atoms with Gasteiger partial charge in [0, 0.05) is 16.1 Å². The molecule has 0 spiro atoms. The Morgan fingerprint density at radius 1 is 1.30 bits per heavy atom. The minimum atomic E-state index is -1.17. The van der Waals surface area contributed by atoms with Crippen molar-refractivity contribution < 1.29 is 9.18 Å². The molecule has 0 aliphatic heterocycles. The van der Waals surface area contributed by atoms with Crippen molar-refractivity contribution >= 4 is 17.4 Å². The molecular weight excluding hydrogens is 277 g/mol. The number of nitrogens with zero attached hydrogens (tertiary/aromatic N) is 1. The van der Waals surface area contributed by atoms with Gasteiger partial charge in [-0.15, -0.1) is 0 Å². The maximum atomic E-state index is 13.7. The summed E-state index contributed by atoms with van der Waals surface area (Å²) in [5.74, 6) is -2.19. The fourth-order valence-electron chi connectivity index (χ4n) is 2.02. The minimum absolute atomic E-state index is 0.0811. The van der Waals surface area contributed by atoms with E-state index >= 15 is 0 Å². The first kappa shape index (κ1) is 14.2. The average molecular weight is 288 g/mol. The van der Waals surface area contributed by atoms with Crippen LogP contribution in [0.2, 0.25) is 5.02 Å². The van der Waals surface area contributed by atoms with Crippen LogP contribution in [0.3, 0.4) is 0 Å². The first-order valence-electron chi connectivity index (χ1n) is 5.98. The monoisotopic (exact) mass is 287 g/mol. The lowest BCUT2D eigenvalue weighted by atomic mass is 9.91. The van der Waals surface area contributed by atoms with Gasteiger partial charge in [0.1, 0.15) is 11.7 Å². The Hall–Kier alpha value is -2.18. The van der Waals surface area contributed by atoms with Gasteiger partial charge in [-0.05, 0) is 36.8 Å². The summed E-state index contributed by atoms with van der Waals surface area (Å²) in [6, 6.07) is 12.5. The van der Waals surface area contributed by atoms with Crippen LogP contribution in [0.4, 0.5) is 4.39 Å². The van der Waals surface area contributed by atoms with Crippen LogP contribution in [0.15, 0.2) is 42.5 Å². The van der Waals surface area contributed by atoms with E-state index < -0.39 is 17.5 Å². The molecule has 2 aromatic rings. The zero-order valence-corrected chi connectivity index (χ0v) is 11.5. The molecule has 2 aromatic carbocycles. The minimum Gasteiger partial charge on any atom is -0.292 e. The number of Topliss-reactive ketones (excluding diaryl/α,β-unsaturated/α-hetero) is 1. The molecule has 20 heavy (non-hydrogen) atoms. The van der Waals surface area contributed by atoms with Crippen LogP contribution in [0.25, 0.3) is 0 Å². The molecule has 0 amide bonds. The van der Waals surface area contributed by atoms with E-state index in [1.54, 1.807) is 25.1 Å². The van der Waals surface area contributed by atoms with Gasteiger partial charge in [-0.1, -0.05) is 29.8 Å². The van der Waals surface area contributed by atoms with E-state index in [1.807, 2.05) is 6.07 Å². The zero-order valence-electron chi connectivity index (χ0n) is 10.7. The summed E-state index contributed by atoms with van der Waals surface area (Å²) in [5, 5.41) is 9.62. The highest BCUT2D eigenvalue weighted by atomic mass is 35.5. The van der Waals surface area contributed by atoms with Crippen molar-refractivity contribution in [3.63, 3.8) is 0 Å². The second-order valence-electron chi connectivity index (χ2n) is 4.47. The lowest BCUT2D eigenvalue weighted by Gasteiger charge is -2.10. The van der Waals surface area contributed by atoms with Gasteiger partial charge in [0.2, 0.25) is 0 Å². The van der Waals surface area contributed by atoms with Gasteiger partial charge in [0.15, 0.2) is 5.78 Å². The molecule has 0 saturated carbocycles. The van der Waals surface area contributed by atoms with Crippen LogP contribution in [-0.2, 0) is 0 Å². The Labute approximate surface area is 121 Å². The van der Waals surface area contributed by atoms with Gasteiger partial charge in [0.05, 0.1) is 6.07 Å². The largest absolute Gasteiger partial charge is 0.292 e. The maximum absolute atomic E-state index is 13.7. The van der Waals surface area contributed by atoms with Gasteiger partial charge in [-0.2, -0.15) is 5.26 Å². The predicted octanol–water partition coefficient (Wildman–Crippen LogP) is 4.28. The molecule has 0 saturated heterocycles. The second kappa shape index (κ2) is 5.85. The lowest BCUT2D eigenvalue weighted by Crippen LogP contribution is -2.13. The van der Waals surface area contributed by atoms with Crippen molar-refractivity contribution in [2.24, 2.45) is 0 Å². The van der Waals surface area contributed by atoms with Crippen LogP contribution in [-0.4, -0.2) is 5.78 Å². The number of ketones is 1. The van der Waals surface area contributed by atoms with E-state index in [0.717, 1.165) is 5.56 Å². The highest BCUT2D eigenvalue weighted by molar-refractivity contribution is 6.31. The smallest absolute Gasteiger partial charge is 0.184 e. The lowest BCUT2D eigenvalue weighted by molar-refractivity contribution is 0.0977. The van der Waals surface area contributed by atoms with E-state index in [-0.39, 0.29) is 5.56 Å². The third-order valence-corrected chi connectivity index (χ3v) is 3.15. The van der Waals surface area contributed by atoms with Gasteiger partial charge in [-0.3, -0.25) is 4.79 Å². The number of hydrogen-bond acceptors (Lipinski definition) is 2. The summed E-state index contributed by atoms with van der Waals surface area (Å²) in [5.41, 5.74) is 1.20. The quantitative estimate of drug-likeness (QED) is 0.791. The number of carbonyl (C=O) groups is 1. The Morgan fingerprint density at radius 2 is 2.00 bits per heavy atom. The van der Waals surface area contributed by atoms with Gasteiger partial charge in [-0.25, -0.2) is 4.39 Å². The van der Waals surface area contributed by atoms with E-state index in [0.29, 0.717) is 10.6 Å². The van der Waals surface area contributed by atoms with Gasteiger partial charge >= 0.3 is 0 Å². The molecular formula is C16H11ClFNO. The second-order valence-corrected chi connectivity index (χ2v) is 4.90. The Morgan fingerprint density at radius 3 is 2.60 bits per heavy atom. The number of aryl methyl sites for hydroxylation is 1. The fraction of sp³-hybridized carbons (Fsp3) is 0.125. The number of hydrogen-bond donors (Lipinski definition) is 0. The van der Waals surface area contributed by atoms with Gasteiger partial charge in [0.25, 0.3) is 0 Å². The highest BCUT2D eigenvalue weighted by Crippen LogP contribution is 2.25. The molecule has 0 heterocycles. The Kier molecular flexibility index (Phi) is 4.16. The number of benzene rings is 2. The van der Waals surface area contributed by atoms with Gasteiger partial charge < -0.3 is 0 Å². The zero-order chi connectivity index (χ0) is 14.7. The third-order valence-electron chi connectivity index (χ3n) is 2.93. The molecule has 1 atom stereocenters. The molecule has 100 valence electrons. The molecule has 0 radical (unpaired) electrons. The van der Waals surface area contributed by atoms with Crippen LogP contribution in [0.1, 0.15) is 27.4 Å². The number of nitriles is 1. The Bertz CT molecular complexity index is 686. The van der Waals surface area contributed by atoms with Crippen molar-refractivity contribution in [1.82, 2.24) is 0 Å². The molecule has 1 unspecified atom stereocenters. The summed E-state index contributed by atoms with van der Waals surface area (Å²) in [6.07, 6.45) is 0. The topological polar surface area (TPSA) is 40.9 Å². The van der Waals surface area contributed by atoms with Crippen LogP contribution >= 0.6 is 11.6 Å². The highest BCUT2D eigenvalue weighted by Gasteiger charge is 2.24. The predicted molar refractivity (Wildman–Crippen MR) is 75.3 cm³/mol. The molecule has 0 aliphatic rings. The van der Waals surface area contributed by atoms with Crippen molar-refractivity contribution in [2.75, 3.05) is 0 Å². The van der Waals surface area contributed by atoms with Crippen molar-refractivity contribution in [1.29, 1.82) is 5.26 Å². The van der Waals surface area contributed by atoms with Crippen molar-refractivity contribution in [3.05, 3.63) is 70.0 Å². The van der Waals surface area contributed by atoms with Crippen molar-refractivity contribution in [3.8, 4) is 6.07 Å². The van der Waals surface area contributed by atoms with Crippen LogP contribution < -0.4 is 0 Å². The molecule has 4 heteroatoms. The van der Waals surface area contributed by atoms with Crippen LogP contribution in [0.5, 0.6) is 0 Å². The maximum Gasteiger partial charge on any atom is 0.184 e. The molecule has 0 bridgehead atoms. The van der Waals surface area contributed by atoms with Crippen molar-refractivity contribution in [2.45, 2.75) is 12.8 Å². The summed E-state index contributed by atoms with van der Waals surface area (Å²) < 4.78 is 13.7. The SMILES string of the molecule is Cc1cc(Cl)cc(C(=O)C(C#N)c2ccccc2F)c1. The summed E-state index contributed by atoms with van der Waals surface area (Å²) >= 11 is 5.91.